The standard InChI is InChI=1S/C11H14BrNS/c1-9(12)8-14-11-5-3-10(4-6-11)7-13-2/h3-6,13H,1,7-8H2,2H3. The van der Waals surface area contributed by atoms with Gasteiger partial charge in [0, 0.05) is 17.2 Å². The van der Waals surface area contributed by atoms with Crippen molar-refractivity contribution < 1.29 is 0 Å². The summed E-state index contributed by atoms with van der Waals surface area (Å²) >= 11 is 5.13. The molecule has 1 N–H and O–H groups in total. The molecule has 0 aliphatic heterocycles. The topological polar surface area (TPSA) is 12.0 Å². The summed E-state index contributed by atoms with van der Waals surface area (Å²) in [6.45, 7) is 4.73. The molecule has 1 aromatic rings. The van der Waals surface area contributed by atoms with Gasteiger partial charge in [-0.15, -0.1) is 11.8 Å². The normalized spacial score (nSPS) is 10.1. The lowest BCUT2D eigenvalue weighted by Gasteiger charge is -2.02. The first-order chi connectivity index (χ1) is 6.72. The Morgan fingerprint density at radius 1 is 1.43 bits per heavy atom. The van der Waals surface area contributed by atoms with Crippen LogP contribution in [0.1, 0.15) is 5.56 Å². The van der Waals surface area contributed by atoms with Gasteiger partial charge in [0.1, 0.15) is 0 Å². The molecule has 0 spiro atoms. The second-order valence-electron chi connectivity index (χ2n) is 2.98. The summed E-state index contributed by atoms with van der Waals surface area (Å²) in [4.78, 5) is 1.28. The molecule has 0 heterocycles. The third-order valence-corrected chi connectivity index (χ3v) is 3.45. The van der Waals surface area contributed by atoms with Crippen LogP contribution in [-0.4, -0.2) is 12.8 Å². The van der Waals surface area contributed by atoms with E-state index in [0.717, 1.165) is 16.8 Å². The summed E-state index contributed by atoms with van der Waals surface area (Å²) in [6.07, 6.45) is 0. The highest BCUT2D eigenvalue weighted by Gasteiger charge is 1.95. The second kappa shape index (κ2) is 6.27. The van der Waals surface area contributed by atoms with Gasteiger partial charge in [-0.25, -0.2) is 0 Å². The minimum atomic E-state index is 0.922. The molecule has 0 saturated heterocycles. The van der Waals surface area contributed by atoms with Crippen LogP contribution in [-0.2, 0) is 6.54 Å². The summed E-state index contributed by atoms with van der Waals surface area (Å²) in [5.74, 6) is 0.922. The summed E-state index contributed by atoms with van der Waals surface area (Å²) in [7, 11) is 1.96. The molecule has 1 rings (SSSR count). The number of hydrogen-bond acceptors (Lipinski definition) is 2. The number of rotatable bonds is 5. The number of nitrogens with one attached hydrogen (secondary N) is 1. The van der Waals surface area contributed by atoms with E-state index in [4.69, 9.17) is 0 Å². The molecule has 0 atom stereocenters. The van der Waals surface area contributed by atoms with E-state index in [-0.39, 0.29) is 0 Å². The molecular formula is C11H14BrNS. The van der Waals surface area contributed by atoms with Crippen LogP contribution in [0.2, 0.25) is 0 Å². The highest BCUT2D eigenvalue weighted by molar-refractivity contribution is 9.11. The van der Waals surface area contributed by atoms with Crippen LogP contribution in [0.4, 0.5) is 0 Å². The van der Waals surface area contributed by atoms with Gasteiger partial charge in [0.2, 0.25) is 0 Å². The first kappa shape index (κ1) is 11.8. The van der Waals surface area contributed by atoms with Crippen molar-refractivity contribution in [1.82, 2.24) is 5.32 Å². The Morgan fingerprint density at radius 3 is 2.57 bits per heavy atom. The summed E-state index contributed by atoms with van der Waals surface area (Å²) < 4.78 is 1.03. The first-order valence-electron chi connectivity index (χ1n) is 4.42. The van der Waals surface area contributed by atoms with Crippen LogP contribution in [0.15, 0.2) is 40.2 Å². The molecule has 76 valence electrons. The molecule has 0 bridgehead atoms. The van der Waals surface area contributed by atoms with Crippen molar-refractivity contribution in [3.8, 4) is 0 Å². The minimum Gasteiger partial charge on any atom is -0.316 e. The molecule has 1 aromatic carbocycles. The van der Waals surface area contributed by atoms with Gasteiger partial charge in [-0.1, -0.05) is 34.6 Å². The first-order valence-corrected chi connectivity index (χ1v) is 6.20. The van der Waals surface area contributed by atoms with Crippen molar-refractivity contribution in [2.24, 2.45) is 0 Å². The van der Waals surface area contributed by atoms with E-state index < -0.39 is 0 Å². The average Bonchev–Trinajstić information content (AvgIpc) is 2.17. The van der Waals surface area contributed by atoms with Gasteiger partial charge >= 0.3 is 0 Å². The molecule has 0 aliphatic rings. The molecule has 0 fully saturated rings. The van der Waals surface area contributed by atoms with E-state index in [1.807, 2.05) is 7.05 Å². The monoisotopic (exact) mass is 271 g/mol. The zero-order valence-corrected chi connectivity index (χ0v) is 10.6. The van der Waals surface area contributed by atoms with Gasteiger partial charge in [-0.2, -0.15) is 0 Å². The average molecular weight is 272 g/mol. The van der Waals surface area contributed by atoms with Crippen LogP contribution in [0.25, 0.3) is 0 Å². The minimum absolute atomic E-state index is 0.922. The second-order valence-corrected chi connectivity index (χ2v) is 5.15. The van der Waals surface area contributed by atoms with Gasteiger partial charge < -0.3 is 5.32 Å². The van der Waals surface area contributed by atoms with Crippen molar-refractivity contribution in [2.45, 2.75) is 11.4 Å². The van der Waals surface area contributed by atoms with Crippen molar-refractivity contribution >= 4 is 27.7 Å². The smallest absolute Gasteiger partial charge is 0.0292 e. The van der Waals surface area contributed by atoms with E-state index in [1.54, 1.807) is 11.8 Å². The van der Waals surface area contributed by atoms with Crippen molar-refractivity contribution in [3.63, 3.8) is 0 Å². The van der Waals surface area contributed by atoms with Crippen molar-refractivity contribution in [1.29, 1.82) is 0 Å². The SMILES string of the molecule is C=C(Br)CSc1ccc(CNC)cc1. The lowest BCUT2D eigenvalue weighted by atomic mass is 10.2. The molecule has 0 radical (unpaired) electrons. The highest BCUT2D eigenvalue weighted by atomic mass is 79.9. The zero-order valence-electron chi connectivity index (χ0n) is 8.22. The van der Waals surface area contributed by atoms with E-state index in [2.05, 4.69) is 52.1 Å². The molecule has 14 heavy (non-hydrogen) atoms. The van der Waals surface area contributed by atoms with Crippen LogP contribution in [0.5, 0.6) is 0 Å². The molecule has 0 aromatic heterocycles. The van der Waals surface area contributed by atoms with E-state index >= 15 is 0 Å². The third kappa shape index (κ3) is 4.31. The Kier molecular flexibility index (Phi) is 5.30. The molecular weight excluding hydrogens is 258 g/mol. The van der Waals surface area contributed by atoms with Crippen LogP contribution >= 0.6 is 27.7 Å². The Balaban J connectivity index is 2.50. The predicted octanol–water partition coefficient (Wildman–Crippen LogP) is 3.41. The number of thioether (sulfide) groups is 1. The fourth-order valence-electron chi connectivity index (χ4n) is 1.07. The van der Waals surface area contributed by atoms with Gasteiger partial charge in [0.05, 0.1) is 0 Å². The zero-order chi connectivity index (χ0) is 10.4. The van der Waals surface area contributed by atoms with E-state index in [1.165, 1.54) is 10.5 Å². The molecule has 0 unspecified atom stereocenters. The van der Waals surface area contributed by atoms with Crippen LogP contribution in [0, 0.1) is 0 Å². The van der Waals surface area contributed by atoms with E-state index in [9.17, 15) is 0 Å². The van der Waals surface area contributed by atoms with Crippen LogP contribution in [0.3, 0.4) is 0 Å². The van der Waals surface area contributed by atoms with Gasteiger partial charge in [0.15, 0.2) is 0 Å². The van der Waals surface area contributed by atoms with Crippen molar-refractivity contribution in [3.05, 3.63) is 40.9 Å². The fourth-order valence-corrected chi connectivity index (χ4v) is 2.06. The molecule has 0 amide bonds. The molecule has 0 aliphatic carbocycles. The van der Waals surface area contributed by atoms with Crippen LogP contribution < -0.4 is 5.32 Å². The maximum absolute atomic E-state index is 3.80. The van der Waals surface area contributed by atoms with Gasteiger partial charge in [0.25, 0.3) is 0 Å². The summed E-state index contributed by atoms with van der Waals surface area (Å²) in [6, 6.07) is 8.59. The highest BCUT2D eigenvalue weighted by Crippen LogP contribution is 2.22. The fraction of sp³-hybridized carbons (Fsp3) is 0.273. The predicted molar refractivity (Wildman–Crippen MR) is 68.0 cm³/mol. The Labute approximate surface area is 98.1 Å². The molecule has 1 nitrogen and oxygen atoms in total. The number of halogens is 1. The Morgan fingerprint density at radius 2 is 2.07 bits per heavy atom. The largest absolute Gasteiger partial charge is 0.316 e. The van der Waals surface area contributed by atoms with Gasteiger partial charge in [-0.3, -0.25) is 0 Å². The van der Waals surface area contributed by atoms with Gasteiger partial charge in [-0.05, 0) is 29.2 Å². The lowest BCUT2D eigenvalue weighted by molar-refractivity contribution is 0.817. The lowest BCUT2D eigenvalue weighted by Crippen LogP contribution is -2.04. The number of benzene rings is 1. The maximum atomic E-state index is 3.80. The Hall–Kier alpha value is -0.250. The maximum Gasteiger partial charge on any atom is 0.0292 e. The third-order valence-electron chi connectivity index (χ3n) is 1.70. The summed E-state index contributed by atoms with van der Waals surface area (Å²) in [5, 5.41) is 3.13. The quantitative estimate of drug-likeness (QED) is 0.824. The molecule has 0 saturated carbocycles. The summed E-state index contributed by atoms with van der Waals surface area (Å²) in [5.41, 5.74) is 1.31. The Bertz CT molecular complexity index is 295. The molecule has 3 heteroatoms. The van der Waals surface area contributed by atoms with Crippen molar-refractivity contribution in [2.75, 3.05) is 12.8 Å². The number of hydrogen-bond donors (Lipinski definition) is 1. The van der Waals surface area contributed by atoms with E-state index in [0.29, 0.717) is 0 Å².